The molecule has 0 spiro atoms. The fourth-order valence-electron chi connectivity index (χ4n) is 1.76. The van der Waals surface area contributed by atoms with Gasteiger partial charge in [-0.2, -0.15) is 4.98 Å². The Hall–Kier alpha value is -2.09. The molecule has 2 aromatic rings. The molecule has 0 aliphatic carbocycles. The number of oxazole rings is 1. The molecule has 2 rings (SSSR count). The number of carbonyl (C=O) groups is 1. The van der Waals surface area contributed by atoms with Crippen LogP contribution in [0.25, 0.3) is 11.1 Å². The Morgan fingerprint density at radius 1 is 1.43 bits per heavy atom. The molecule has 114 valence electrons. The Labute approximate surface area is 122 Å². The third-order valence-electron chi connectivity index (χ3n) is 2.71. The maximum atomic E-state index is 12.1. The van der Waals surface area contributed by atoms with Crippen molar-refractivity contribution in [2.24, 2.45) is 0 Å². The highest BCUT2D eigenvalue weighted by Gasteiger charge is 2.23. The van der Waals surface area contributed by atoms with Gasteiger partial charge in [0.25, 0.3) is 0 Å². The molecular weight excluding hydrogens is 294 g/mol. The Morgan fingerprint density at radius 3 is 2.81 bits per heavy atom. The molecule has 0 bridgehead atoms. The number of fused-ring (bicyclic) bond motifs is 1. The zero-order chi connectivity index (χ0) is 15.6. The summed E-state index contributed by atoms with van der Waals surface area (Å²) in [6.45, 7) is 3.61. The normalized spacial score (nSPS) is 12.0. The van der Waals surface area contributed by atoms with Gasteiger partial charge in [0.2, 0.25) is 15.7 Å². The van der Waals surface area contributed by atoms with Crippen LogP contribution in [0.2, 0.25) is 0 Å². The zero-order valence-electron chi connectivity index (χ0n) is 11.8. The average molecular weight is 311 g/mol. The minimum Gasteiger partial charge on any atom is -0.428 e. The highest BCUT2D eigenvalue weighted by Crippen LogP contribution is 2.21. The molecule has 1 aromatic carbocycles. The fraction of sp³-hybridized carbons (Fsp3) is 0.385. The van der Waals surface area contributed by atoms with Crippen LogP contribution in [-0.4, -0.2) is 31.1 Å². The van der Waals surface area contributed by atoms with Crippen LogP contribution >= 0.6 is 0 Å². The van der Waals surface area contributed by atoms with Crippen LogP contribution in [0.3, 0.4) is 0 Å². The Kier molecular flexibility index (Phi) is 4.17. The largest absolute Gasteiger partial charge is 0.428 e. The topological polar surface area (TPSA) is 115 Å². The summed E-state index contributed by atoms with van der Waals surface area (Å²) in [4.78, 5) is 15.4. The van der Waals surface area contributed by atoms with Crippen molar-refractivity contribution in [2.45, 2.75) is 31.5 Å². The van der Waals surface area contributed by atoms with E-state index in [4.69, 9.17) is 10.2 Å². The van der Waals surface area contributed by atoms with Crippen molar-refractivity contribution in [3.63, 3.8) is 0 Å². The highest BCUT2D eigenvalue weighted by atomic mass is 32.2. The number of carbonyl (C=O) groups excluding carboxylic acids is 1. The third kappa shape index (κ3) is 3.72. The molecule has 1 amide bonds. The average Bonchev–Trinajstić information content (AvgIpc) is 2.79. The molecule has 0 aliphatic rings. The lowest BCUT2D eigenvalue weighted by Gasteiger charge is -2.07. The van der Waals surface area contributed by atoms with Gasteiger partial charge in [0.1, 0.15) is 5.52 Å². The lowest BCUT2D eigenvalue weighted by molar-refractivity contribution is -0.121. The molecule has 1 aromatic heterocycles. The van der Waals surface area contributed by atoms with Gasteiger partial charge in [-0.1, -0.05) is 0 Å². The third-order valence-corrected chi connectivity index (χ3v) is 4.15. The van der Waals surface area contributed by atoms with Crippen molar-refractivity contribution >= 4 is 32.5 Å². The molecule has 21 heavy (non-hydrogen) atoms. The van der Waals surface area contributed by atoms with Crippen LogP contribution in [0.15, 0.2) is 27.8 Å². The predicted molar refractivity (Wildman–Crippen MR) is 78.4 cm³/mol. The highest BCUT2D eigenvalue weighted by molar-refractivity contribution is 7.91. The standard InChI is InChI=1S/C13H17N3O4S/c1-8(2)15-12(17)5-6-21(18,19)13-16-10-7-9(14)3-4-11(10)20-13/h3-4,7-8H,5-6,14H2,1-2H3,(H,15,17). The lowest BCUT2D eigenvalue weighted by atomic mass is 10.3. The van der Waals surface area contributed by atoms with Crippen LogP contribution < -0.4 is 11.1 Å². The van der Waals surface area contributed by atoms with Gasteiger partial charge < -0.3 is 15.5 Å². The van der Waals surface area contributed by atoms with Crippen molar-refractivity contribution in [1.82, 2.24) is 10.3 Å². The first-order valence-corrected chi connectivity index (χ1v) is 8.11. The van der Waals surface area contributed by atoms with Crippen molar-refractivity contribution in [3.05, 3.63) is 18.2 Å². The number of amides is 1. The number of nitrogen functional groups attached to an aromatic ring is 1. The van der Waals surface area contributed by atoms with Gasteiger partial charge in [0.05, 0.1) is 5.75 Å². The van der Waals surface area contributed by atoms with E-state index in [-0.39, 0.29) is 29.3 Å². The molecule has 8 heteroatoms. The second kappa shape index (κ2) is 5.72. The number of anilines is 1. The molecular formula is C13H17N3O4S. The van der Waals surface area contributed by atoms with E-state index >= 15 is 0 Å². The Balaban J connectivity index is 2.16. The smallest absolute Gasteiger partial charge is 0.316 e. The van der Waals surface area contributed by atoms with Gasteiger partial charge in [-0.15, -0.1) is 0 Å². The Bertz CT molecular complexity index is 765. The summed E-state index contributed by atoms with van der Waals surface area (Å²) < 4.78 is 29.4. The van der Waals surface area contributed by atoms with Crippen molar-refractivity contribution < 1.29 is 17.6 Å². The van der Waals surface area contributed by atoms with Gasteiger partial charge >= 0.3 is 5.22 Å². The molecule has 0 unspecified atom stereocenters. The lowest BCUT2D eigenvalue weighted by Crippen LogP contribution is -2.31. The van der Waals surface area contributed by atoms with Gasteiger partial charge in [-0.05, 0) is 32.0 Å². The van der Waals surface area contributed by atoms with Crippen LogP contribution in [-0.2, 0) is 14.6 Å². The van der Waals surface area contributed by atoms with Gasteiger partial charge in [-0.25, -0.2) is 8.42 Å². The predicted octanol–water partition coefficient (Wildman–Crippen LogP) is 1.10. The summed E-state index contributed by atoms with van der Waals surface area (Å²) in [7, 11) is -3.75. The quantitative estimate of drug-likeness (QED) is 0.799. The van der Waals surface area contributed by atoms with E-state index in [1.165, 1.54) is 6.07 Å². The first-order chi connectivity index (χ1) is 9.78. The Morgan fingerprint density at radius 2 is 2.14 bits per heavy atom. The first kappa shape index (κ1) is 15.3. The number of hydrogen-bond acceptors (Lipinski definition) is 6. The minimum atomic E-state index is -3.75. The van der Waals surface area contributed by atoms with Crippen LogP contribution in [0.5, 0.6) is 0 Å². The molecule has 0 atom stereocenters. The summed E-state index contributed by atoms with van der Waals surface area (Å²) >= 11 is 0. The molecule has 0 fully saturated rings. The molecule has 0 saturated carbocycles. The second-order valence-corrected chi connectivity index (χ2v) is 6.99. The van der Waals surface area contributed by atoms with Crippen LogP contribution in [0, 0.1) is 0 Å². The van der Waals surface area contributed by atoms with E-state index in [0.29, 0.717) is 16.8 Å². The molecule has 0 aliphatic heterocycles. The van der Waals surface area contributed by atoms with E-state index in [1.807, 2.05) is 0 Å². The maximum Gasteiger partial charge on any atom is 0.316 e. The summed E-state index contributed by atoms with van der Waals surface area (Å²) in [6.07, 6.45) is -0.138. The number of rotatable bonds is 5. The van der Waals surface area contributed by atoms with E-state index in [0.717, 1.165) is 0 Å². The summed E-state index contributed by atoms with van der Waals surface area (Å²) in [5.74, 6) is -0.678. The SMILES string of the molecule is CC(C)NC(=O)CCS(=O)(=O)c1nc2cc(N)ccc2o1. The second-order valence-electron chi connectivity index (χ2n) is 5.00. The molecule has 0 saturated heterocycles. The first-order valence-electron chi connectivity index (χ1n) is 6.46. The molecule has 0 radical (unpaired) electrons. The van der Waals surface area contributed by atoms with E-state index < -0.39 is 9.84 Å². The number of sulfone groups is 1. The fourth-order valence-corrected chi connectivity index (χ4v) is 2.85. The summed E-state index contributed by atoms with van der Waals surface area (Å²) in [6, 6.07) is 4.65. The number of aromatic nitrogens is 1. The summed E-state index contributed by atoms with van der Waals surface area (Å²) in [5.41, 5.74) is 6.79. The van der Waals surface area contributed by atoms with E-state index in [2.05, 4.69) is 10.3 Å². The van der Waals surface area contributed by atoms with Crippen LogP contribution in [0.1, 0.15) is 20.3 Å². The van der Waals surface area contributed by atoms with Crippen molar-refractivity contribution in [2.75, 3.05) is 11.5 Å². The molecule has 3 N–H and O–H groups in total. The van der Waals surface area contributed by atoms with Gasteiger partial charge in [0.15, 0.2) is 5.58 Å². The van der Waals surface area contributed by atoms with E-state index in [1.54, 1.807) is 26.0 Å². The number of hydrogen-bond donors (Lipinski definition) is 2. The summed E-state index contributed by atoms with van der Waals surface area (Å²) in [5, 5.41) is 2.24. The van der Waals surface area contributed by atoms with Crippen LogP contribution in [0.4, 0.5) is 5.69 Å². The van der Waals surface area contributed by atoms with Gasteiger partial charge in [0, 0.05) is 18.2 Å². The van der Waals surface area contributed by atoms with Crippen molar-refractivity contribution in [3.8, 4) is 0 Å². The van der Waals surface area contributed by atoms with E-state index in [9.17, 15) is 13.2 Å². The zero-order valence-corrected chi connectivity index (χ0v) is 12.6. The number of nitrogens with one attached hydrogen (secondary N) is 1. The monoisotopic (exact) mass is 311 g/mol. The number of nitrogens with zero attached hydrogens (tertiary/aromatic N) is 1. The molecule has 1 heterocycles. The van der Waals surface area contributed by atoms with Gasteiger partial charge in [-0.3, -0.25) is 4.79 Å². The van der Waals surface area contributed by atoms with Crippen molar-refractivity contribution in [1.29, 1.82) is 0 Å². The number of benzene rings is 1. The minimum absolute atomic E-state index is 0.0347. The maximum absolute atomic E-state index is 12.1. The number of nitrogens with two attached hydrogens (primary N) is 1. The molecule has 7 nitrogen and oxygen atoms in total.